The third-order valence-electron chi connectivity index (χ3n) is 9.20. The zero-order valence-electron chi connectivity index (χ0n) is 27.8. The number of unbranched alkanes of at least 4 members (excludes halogenated alkanes) is 2. The molecule has 2 aliphatic rings. The first-order valence-corrected chi connectivity index (χ1v) is 17.0. The van der Waals surface area contributed by atoms with Crippen molar-refractivity contribution in [3.8, 4) is 0 Å². The quantitative estimate of drug-likeness (QED) is 0.202. The first-order chi connectivity index (χ1) is 22.9. The average Bonchev–Trinajstić information content (AvgIpc) is 3.09. The molecule has 2 aliphatic heterocycles. The van der Waals surface area contributed by atoms with E-state index in [9.17, 15) is 14.7 Å². The lowest BCUT2D eigenvalue weighted by Gasteiger charge is -2.44. The van der Waals surface area contributed by atoms with Gasteiger partial charge in [-0.15, -0.1) is 0 Å². The van der Waals surface area contributed by atoms with Crippen molar-refractivity contribution in [3.05, 3.63) is 101 Å². The standard InChI is InChI=1S/C38H50N4O5/c1-28-35(26-42-23-21-41(22-24-42)25-30-9-5-3-6-10-30)46-38(47-37(28)32-14-12-31(27-43)13-15-32)33-16-18-34(19-17-33)40-36(45)11-7-4-8-20-39-29(2)44/h3,5-6,9-10,12-19,28,35,37-38,43H,4,7-8,11,20-27H2,1-2H3,(H,39,44)(H,40,45)/t28-,35+,37+,38+/m1/s1. The summed E-state index contributed by atoms with van der Waals surface area (Å²) in [6.07, 6.45) is 2.20. The molecule has 9 nitrogen and oxygen atoms in total. The fourth-order valence-corrected chi connectivity index (χ4v) is 6.35. The fraction of sp³-hybridized carbons (Fsp3) is 0.474. The summed E-state index contributed by atoms with van der Waals surface area (Å²) in [5.41, 5.74) is 4.94. The number of ether oxygens (including phenoxy) is 2. The summed E-state index contributed by atoms with van der Waals surface area (Å²) in [5.74, 6) is 0.0673. The van der Waals surface area contributed by atoms with Crippen LogP contribution in [-0.4, -0.2) is 72.1 Å². The summed E-state index contributed by atoms with van der Waals surface area (Å²) >= 11 is 0. The van der Waals surface area contributed by atoms with E-state index in [4.69, 9.17) is 9.47 Å². The second-order valence-electron chi connectivity index (χ2n) is 12.8. The molecule has 0 bridgehead atoms. The Kier molecular flexibility index (Phi) is 12.9. The largest absolute Gasteiger partial charge is 0.392 e. The number of hydrogen-bond donors (Lipinski definition) is 3. The van der Waals surface area contributed by atoms with Crippen LogP contribution in [0.25, 0.3) is 0 Å². The van der Waals surface area contributed by atoms with Crippen molar-refractivity contribution >= 4 is 17.5 Å². The summed E-state index contributed by atoms with van der Waals surface area (Å²) in [6.45, 7) is 10.2. The Bertz CT molecular complexity index is 1390. The number of aliphatic hydroxyl groups is 1. The molecule has 252 valence electrons. The number of benzene rings is 3. The first-order valence-electron chi connectivity index (χ1n) is 17.0. The molecule has 5 rings (SSSR count). The van der Waals surface area contributed by atoms with Crippen LogP contribution in [0, 0.1) is 5.92 Å². The molecule has 2 heterocycles. The molecule has 47 heavy (non-hydrogen) atoms. The van der Waals surface area contributed by atoms with Gasteiger partial charge in [0.05, 0.1) is 18.8 Å². The van der Waals surface area contributed by atoms with E-state index >= 15 is 0 Å². The van der Waals surface area contributed by atoms with Gasteiger partial charge in [0.15, 0.2) is 6.29 Å². The molecule has 0 aliphatic carbocycles. The fourth-order valence-electron chi connectivity index (χ4n) is 6.35. The number of amides is 2. The maximum Gasteiger partial charge on any atom is 0.224 e. The summed E-state index contributed by atoms with van der Waals surface area (Å²) in [4.78, 5) is 28.5. The molecule has 0 aromatic heterocycles. The second kappa shape index (κ2) is 17.5. The molecule has 0 unspecified atom stereocenters. The SMILES string of the molecule is CC(=O)NCCCCCC(=O)Nc1ccc([C@H]2O[C@@H](CN3CCN(Cc4ccccc4)CC3)[C@@H](C)[C@@H](c3ccc(CO)cc3)O2)cc1. The van der Waals surface area contributed by atoms with Crippen LogP contribution in [0.15, 0.2) is 78.9 Å². The lowest BCUT2D eigenvalue weighted by molar-refractivity contribution is -0.276. The Morgan fingerprint density at radius 3 is 2.17 bits per heavy atom. The second-order valence-corrected chi connectivity index (χ2v) is 12.8. The highest BCUT2D eigenvalue weighted by Crippen LogP contribution is 2.42. The minimum atomic E-state index is -0.550. The molecule has 4 atom stereocenters. The molecule has 0 spiro atoms. The van der Waals surface area contributed by atoms with Crippen LogP contribution in [0.1, 0.15) is 74.2 Å². The van der Waals surface area contributed by atoms with Crippen molar-refractivity contribution in [1.82, 2.24) is 15.1 Å². The minimum Gasteiger partial charge on any atom is -0.392 e. The van der Waals surface area contributed by atoms with Gasteiger partial charge in [-0.2, -0.15) is 0 Å². The number of anilines is 1. The van der Waals surface area contributed by atoms with E-state index in [0.717, 1.165) is 80.9 Å². The smallest absolute Gasteiger partial charge is 0.224 e. The van der Waals surface area contributed by atoms with Crippen molar-refractivity contribution in [2.75, 3.05) is 44.6 Å². The van der Waals surface area contributed by atoms with Gasteiger partial charge in [-0.3, -0.25) is 19.4 Å². The Balaban J connectivity index is 1.19. The van der Waals surface area contributed by atoms with Crippen molar-refractivity contribution in [2.45, 2.75) is 71.2 Å². The van der Waals surface area contributed by atoms with E-state index in [-0.39, 0.29) is 36.5 Å². The van der Waals surface area contributed by atoms with Gasteiger partial charge < -0.3 is 25.2 Å². The number of rotatable bonds is 14. The summed E-state index contributed by atoms with van der Waals surface area (Å²) in [5, 5.41) is 15.4. The van der Waals surface area contributed by atoms with Crippen LogP contribution in [-0.2, 0) is 32.2 Å². The number of carbonyl (C=O) groups is 2. The predicted molar refractivity (Wildman–Crippen MR) is 183 cm³/mol. The van der Waals surface area contributed by atoms with Gasteiger partial charge in [0.25, 0.3) is 0 Å². The molecule has 9 heteroatoms. The van der Waals surface area contributed by atoms with Gasteiger partial charge in [0.1, 0.15) is 0 Å². The summed E-state index contributed by atoms with van der Waals surface area (Å²) < 4.78 is 13.3. The molecule has 2 amide bonds. The van der Waals surface area contributed by atoms with E-state index in [1.165, 1.54) is 12.5 Å². The number of nitrogens with zero attached hydrogens (tertiary/aromatic N) is 2. The maximum absolute atomic E-state index is 12.5. The summed E-state index contributed by atoms with van der Waals surface area (Å²) in [7, 11) is 0. The average molecular weight is 643 g/mol. The molecule has 2 saturated heterocycles. The van der Waals surface area contributed by atoms with Crippen LogP contribution < -0.4 is 10.6 Å². The molecule has 2 fully saturated rings. The van der Waals surface area contributed by atoms with Crippen molar-refractivity contribution in [3.63, 3.8) is 0 Å². The number of aliphatic hydroxyl groups excluding tert-OH is 1. The van der Waals surface area contributed by atoms with E-state index < -0.39 is 6.29 Å². The van der Waals surface area contributed by atoms with Gasteiger partial charge in [0.2, 0.25) is 11.8 Å². The van der Waals surface area contributed by atoms with E-state index in [1.807, 2.05) is 48.5 Å². The van der Waals surface area contributed by atoms with E-state index in [1.54, 1.807) is 0 Å². The van der Waals surface area contributed by atoms with E-state index in [0.29, 0.717) is 13.0 Å². The molecule has 0 radical (unpaired) electrons. The zero-order chi connectivity index (χ0) is 33.0. The molecule has 0 saturated carbocycles. The Hall–Kier alpha value is -3.60. The highest BCUT2D eigenvalue weighted by molar-refractivity contribution is 5.90. The van der Waals surface area contributed by atoms with Crippen LogP contribution in [0.2, 0.25) is 0 Å². The Labute approximate surface area is 279 Å². The van der Waals surface area contributed by atoms with E-state index in [2.05, 4.69) is 57.7 Å². The molecule has 3 N–H and O–H groups in total. The normalized spacial score (nSPS) is 22.1. The third-order valence-corrected chi connectivity index (χ3v) is 9.20. The van der Waals surface area contributed by atoms with Crippen LogP contribution in [0.5, 0.6) is 0 Å². The monoisotopic (exact) mass is 642 g/mol. The van der Waals surface area contributed by atoms with Crippen molar-refractivity contribution in [1.29, 1.82) is 0 Å². The van der Waals surface area contributed by atoms with Crippen LogP contribution >= 0.6 is 0 Å². The molecule has 3 aromatic carbocycles. The lowest BCUT2D eigenvalue weighted by Crippen LogP contribution is -2.51. The number of carbonyl (C=O) groups excluding carboxylic acids is 2. The number of hydrogen-bond acceptors (Lipinski definition) is 7. The number of piperazine rings is 1. The summed E-state index contributed by atoms with van der Waals surface area (Å²) in [6, 6.07) is 26.4. The van der Waals surface area contributed by atoms with Gasteiger partial charge in [-0.25, -0.2) is 0 Å². The van der Waals surface area contributed by atoms with Crippen molar-refractivity contribution in [2.24, 2.45) is 5.92 Å². The topological polar surface area (TPSA) is 103 Å². The van der Waals surface area contributed by atoms with Crippen LogP contribution in [0.3, 0.4) is 0 Å². The molecule has 3 aromatic rings. The maximum atomic E-state index is 12.5. The third kappa shape index (κ3) is 10.4. The zero-order valence-corrected chi connectivity index (χ0v) is 27.8. The number of nitrogens with one attached hydrogen (secondary N) is 2. The van der Waals surface area contributed by atoms with Gasteiger partial charge in [-0.1, -0.05) is 80.1 Å². The van der Waals surface area contributed by atoms with Gasteiger partial charge in [0, 0.05) is 76.3 Å². The Morgan fingerprint density at radius 1 is 0.809 bits per heavy atom. The highest BCUT2D eigenvalue weighted by atomic mass is 16.7. The van der Waals surface area contributed by atoms with Gasteiger partial charge >= 0.3 is 0 Å². The molecular weight excluding hydrogens is 592 g/mol. The Morgan fingerprint density at radius 2 is 1.49 bits per heavy atom. The highest BCUT2D eigenvalue weighted by Gasteiger charge is 2.39. The van der Waals surface area contributed by atoms with Gasteiger partial charge in [-0.05, 0) is 41.7 Å². The van der Waals surface area contributed by atoms with Crippen molar-refractivity contribution < 1.29 is 24.2 Å². The molecular formula is C38H50N4O5. The predicted octanol–water partition coefficient (Wildman–Crippen LogP) is 5.42. The lowest BCUT2D eigenvalue weighted by atomic mass is 9.90. The minimum absolute atomic E-state index is 0.00740. The first kappa shape index (κ1) is 34.7. The van der Waals surface area contributed by atoms with Crippen LogP contribution in [0.4, 0.5) is 5.69 Å².